The maximum atomic E-state index is 13.3. The van der Waals surface area contributed by atoms with Crippen LogP contribution in [-0.4, -0.2) is 59.8 Å². The van der Waals surface area contributed by atoms with E-state index in [9.17, 15) is 9.59 Å². The summed E-state index contributed by atoms with van der Waals surface area (Å²) in [5.74, 6) is -0.203. The van der Waals surface area contributed by atoms with Crippen LogP contribution in [0, 0.1) is 6.92 Å². The summed E-state index contributed by atoms with van der Waals surface area (Å²) in [5, 5.41) is 3.59. The van der Waals surface area contributed by atoms with Crippen molar-refractivity contribution in [2.24, 2.45) is 0 Å². The van der Waals surface area contributed by atoms with Crippen LogP contribution in [0.2, 0.25) is 5.02 Å². The summed E-state index contributed by atoms with van der Waals surface area (Å²) >= 11 is 6.23. The second kappa shape index (κ2) is 8.54. The number of aromatic nitrogens is 1. The number of piperazine rings is 1. The van der Waals surface area contributed by atoms with Crippen LogP contribution >= 0.6 is 11.6 Å². The van der Waals surface area contributed by atoms with Crippen LogP contribution in [0.3, 0.4) is 0 Å². The topological polar surface area (TPSA) is 68.4 Å². The Morgan fingerprint density at radius 2 is 1.82 bits per heavy atom. The van der Waals surface area contributed by atoms with Crippen LogP contribution in [0.5, 0.6) is 0 Å². The summed E-state index contributed by atoms with van der Waals surface area (Å²) in [6, 6.07) is 15.2. The molecule has 2 aromatic carbocycles. The summed E-state index contributed by atoms with van der Waals surface area (Å²) in [5.41, 5.74) is 6.04. The van der Waals surface area contributed by atoms with Crippen LogP contribution in [0.4, 0.5) is 5.69 Å². The number of aryl methyl sites for hydroxylation is 1. The molecule has 7 heteroatoms. The van der Waals surface area contributed by atoms with E-state index in [0.29, 0.717) is 34.9 Å². The number of carbonyl (C=O) groups excluding carboxylic acids is 2. The summed E-state index contributed by atoms with van der Waals surface area (Å²) in [7, 11) is 2.06. The Bertz CT molecular complexity index is 1290. The first kappa shape index (κ1) is 21.5. The molecule has 0 atom stereocenters. The number of anilines is 1. The Hall–Kier alpha value is -3.35. The van der Waals surface area contributed by atoms with Gasteiger partial charge in [-0.2, -0.15) is 0 Å². The van der Waals surface area contributed by atoms with Crippen molar-refractivity contribution >= 4 is 40.8 Å². The van der Waals surface area contributed by atoms with Gasteiger partial charge in [0.05, 0.1) is 16.8 Å². The van der Waals surface area contributed by atoms with Crippen LogP contribution < -0.4 is 5.32 Å². The van der Waals surface area contributed by atoms with Gasteiger partial charge in [0.1, 0.15) is 0 Å². The lowest BCUT2D eigenvalue weighted by Gasteiger charge is -2.32. The number of amides is 2. The first-order chi connectivity index (χ1) is 15.9. The van der Waals surface area contributed by atoms with Gasteiger partial charge >= 0.3 is 0 Å². The summed E-state index contributed by atoms with van der Waals surface area (Å²) in [4.78, 5) is 33.7. The van der Waals surface area contributed by atoms with Crippen molar-refractivity contribution in [2.45, 2.75) is 6.92 Å². The fraction of sp³-hybridized carbons (Fsp3) is 0.231. The van der Waals surface area contributed by atoms with E-state index in [0.717, 1.165) is 41.2 Å². The van der Waals surface area contributed by atoms with Gasteiger partial charge in [0.15, 0.2) is 0 Å². The number of hydrogen-bond donors (Lipinski definition) is 2. The number of halogens is 1. The van der Waals surface area contributed by atoms with Crippen LogP contribution in [0.25, 0.3) is 22.8 Å². The number of hydrogen-bond acceptors (Lipinski definition) is 3. The average Bonchev–Trinajstić information content (AvgIpc) is 3.33. The lowest BCUT2D eigenvalue weighted by Crippen LogP contribution is -2.47. The third kappa shape index (κ3) is 4.08. The van der Waals surface area contributed by atoms with E-state index in [1.54, 1.807) is 6.08 Å². The molecule has 168 valence electrons. The van der Waals surface area contributed by atoms with Crippen molar-refractivity contribution in [1.82, 2.24) is 14.8 Å². The molecule has 5 rings (SSSR count). The number of rotatable bonds is 3. The summed E-state index contributed by atoms with van der Waals surface area (Å²) in [6.07, 6.45) is 1.80. The van der Waals surface area contributed by atoms with E-state index >= 15 is 0 Å². The quantitative estimate of drug-likeness (QED) is 0.564. The number of likely N-dealkylation sites (N-methyl/N-ethyl adjacent to an activating group) is 1. The zero-order valence-electron chi connectivity index (χ0n) is 18.6. The minimum Gasteiger partial charge on any atom is -0.358 e. The fourth-order valence-corrected chi connectivity index (χ4v) is 4.70. The van der Waals surface area contributed by atoms with Crippen molar-refractivity contribution in [3.8, 4) is 11.1 Å². The van der Waals surface area contributed by atoms with Gasteiger partial charge in [0.25, 0.3) is 11.8 Å². The van der Waals surface area contributed by atoms with Gasteiger partial charge < -0.3 is 20.1 Å². The molecule has 6 nitrogen and oxygen atoms in total. The number of nitrogens with zero attached hydrogens (tertiary/aromatic N) is 2. The highest BCUT2D eigenvalue weighted by Crippen LogP contribution is 2.41. The number of aromatic amines is 1. The van der Waals surface area contributed by atoms with Gasteiger partial charge in [-0.15, -0.1) is 0 Å². The van der Waals surface area contributed by atoms with E-state index in [2.05, 4.69) is 22.2 Å². The predicted molar refractivity (Wildman–Crippen MR) is 132 cm³/mol. The van der Waals surface area contributed by atoms with E-state index < -0.39 is 0 Å². The highest BCUT2D eigenvalue weighted by molar-refractivity contribution is 6.36. The van der Waals surface area contributed by atoms with Crippen molar-refractivity contribution < 1.29 is 9.59 Å². The minimum atomic E-state index is -0.190. The van der Waals surface area contributed by atoms with Crippen molar-refractivity contribution in [1.29, 1.82) is 0 Å². The zero-order chi connectivity index (χ0) is 23.1. The molecule has 2 aliphatic rings. The van der Waals surface area contributed by atoms with E-state index in [-0.39, 0.29) is 11.8 Å². The van der Waals surface area contributed by atoms with E-state index in [1.165, 1.54) is 0 Å². The molecule has 2 aliphatic heterocycles. The molecular weight excluding hydrogens is 436 g/mol. The van der Waals surface area contributed by atoms with Gasteiger partial charge in [-0.25, -0.2) is 0 Å². The molecule has 1 fully saturated rings. The standard InChI is InChI=1S/C26H25ClN4O2/c1-16-13-20(26(33)31-11-9-30(2)10-12-31)23(28-16)15-21-24-19(17-5-3-6-18(27)14-17)7-4-8-22(24)29-25(21)32/h3-8,13-15,28H,9-12H2,1-2H3,(H,29,32). The molecule has 0 unspecified atom stereocenters. The molecule has 3 heterocycles. The number of benzene rings is 2. The largest absolute Gasteiger partial charge is 0.358 e. The second-order valence-electron chi connectivity index (χ2n) is 8.63. The Balaban J connectivity index is 1.58. The molecule has 33 heavy (non-hydrogen) atoms. The van der Waals surface area contributed by atoms with Crippen LogP contribution in [0.15, 0.2) is 48.5 Å². The predicted octanol–water partition coefficient (Wildman–Crippen LogP) is 4.52. The zero-order valence-corrected chi connectivity index (χ0v) is 19.4. The van der Waals surface area contributed by atoms with Gasteiger partial charge in [-0.05, 0) is 55.4 Å². The Morgan fingerprint density at radius 3 is 2.58 bits per heavy atom. The van der Waals surface area contributed by atoms with Crippen molar-refractivity contribution in [3.63, 3.8) is 0 Å². The summed E-state index contributed by atoms with van der Waals surface area (Å²) < 4.78 is 0. The Labute approximate surface area is 197 Å². The monoisotopic (exact) mass is 460 g/mol. The number of nitrogens with one attached hydrogen (secondary N) is 2. The molecule has 2 N–H and O–H groups in total. The highest BCUT2D eigenvalue weighted by atomic mass is 35.5. The first-order valence-electron chi connectivity index (χ1n) is 11.0. The van der Waals surface area contributed by atoms with Gasteiger partial charge in [0.2, 0.25) is 0 Å². The SMILES string of the molecule is Cc1cc(C(=O)N2CCN(C)CC2)c(C=C2C(=O)Nc3cccc(-c4cccc(Cl)c4)c32)[nH]1. The highest BCUT2D eigenvalue weighted by Gasteiger charge is 2.29. The van der Waals surface area contributed by atoms with Crippen molar-refractivity contribution in [2.75, 3.05) is 38.5 Å². The maximum absolute atomic E-state index is 13.3. The first-order valence-corrected chi connectivity index (χ1v) is 11.4. The number of carbonyl (C=O) groups is 2. The molecule has 0 spiro atoms. The molecule has 1 aromatic heterocycles. The molecule has 0 aliphatic carbocycles. The van der Waals surface area contributed by atoms with Crippen LogP contribution in [0.1, 0.15) is 27.3 Å². The van der Waals surface area contributed by atoms with Gasteiger partial charge in [-0.1, -0.05) is 35.9 Å². The third-order valence-corrected chi connectivity index (χ3v) is 6.49. The Morgan fingerprint density at radius 1 is 1.06 bits per heavy atom. The summed E-state index contributed by atoms with van der Waals surface area (Å²) in [6.45, 7) is 5.01. The average molecular weight is 461 g/mol. The minimum absolute atomic E-state index is 0.0129. The number of fused-ring (bicyclic) bond motifs is 1. The van der Waals surface area contributed by atoms with Gasteiger partial charge in [0, 0.05) is 48.1 Å². The molecule has 0 radical (unpaired) electrons. The van der Waals surface area contributed by atoms with Crippen LogP contribution in [-0.2, 0) is 4.79 Å². The second-order valence-corrected chi connectivity index (χ2v) is 9.06. The van der Waals surface area contributed by atoms with Crippen molar-refractivity contribution in [3.05, 3.63) is 76.1 Å². The number of H-pyrrole nitrogens is 1. The molecule has 2 amide bonds. The smallest absolute Gasteiger partial charge is 0.256 e. The van der Waals surface area contributed by atoms with E-state index in [1.807, 2.05) is 60.4 Å². The Kier molecular flexibility index (Phi) is 5.56. The molecule has 0 saturated carbocycles. The van der Waals surface area contributed by atoms with Gasteiger partial charge in [-0.3, -0.25) is 9.59 Å². The molecule has 3 aromatic rings. The third-order valence-electron chi connectivity index (χ3n) is 6.25. The molecule has 1 saturated heterocycles. The fourth-order valence-electron chi connectivity index (χ4n) is 4.51. The maximum Gasteiger partial charge on any atom is 0.256 e. The normalized spacial score (nSPS) is 17.4. The molecule has 0 bridgehead atoms. The molecular formula is C26H25ClN4O2. The lowest BCUT2D eigenvalue weighted by molar-refractivity contribution is -0.110. The van der Waals surface area contributed by atoms with E-state index in [4.69, 9.17) is 11.6 Å². The lowest BCUT2D eigenvalue weighted by atomic mass is 9.94.